The largest absolute Gasteiger partial charge is 0.493 e. The molecule has 2 aromatic heterocycles. The Balaban J connectivity index is 1.68. The van der Waals surface area contributed by atoms with Gasteiger partial charge in [0.2, 0.25) is 0 Å². The molecule has 0 amide bonds. The number of hydrogen-bond acceptors (Lipinski definition) is 7. The molecule has 3 heterocycles. The molecule has 0 saturated carbocycles. The van der Waals surface area contributed by atoms with Crippen LogP contribution in [0.4, 0.5) is 0 Å². The van der Waals surface area contributed by atoms with Gasteiger partial charge in [-0.2, -0.15) is 0 Å². The van der Waals surface area contributed by atoms with E-state index in [0.29, 0.717) is 38.6 Å². The lowest BCUT2D eigenvalue weighted by Crippen LogP contribution is -2.40. The Morgan fingerprint density at radius 3 is 2.47 bits per heavy atom. The van der Waals surface area contributed by atoms with Crippen LogP contribution in [0.15, 0.2) is 101 Å². The lowest BCUT2D eigenvalue weighted by molar-refractivity contribution is -0.138. The molecule has 45 heavy (non-hydrogen) atoms. The average Bonchev–Trinajstić information content (AvgIpc) is 3.52. The number of allylic oxidation sites excluding steroid dienone is 1. The third-order valence-corrected chi connectivity index (χ3v) is 8.95. The van der Waals surface area contributed by atoms with E-state index in [2.05, 4.69) is 23.3 Å². The molecule has 1 unspecified atom stereocenters. The van der Waals surface area contributed by atoms with Gasteiger partial charge in [-0.25, -0.2) is 9.79 Å². The predicted molar refractivity (Wildman–Crippen MR) is 177 cm³/mol. The number of carbonyl (C=O) groups is 1. The molecular weight excluding hydrogens is 586 g/mol. The van der Waals surface area contributed by atoms with Gasteiger partial charge in [-0.15, -0.1) is 6.58 Å². The Labute approximate surface area is 264 Å². The van der Waals surface area contributed by atoms with Crippen molar-refractivity contribution in [1.82, 2.24) is 9.13 Å². The number of rotatable bonds is 9. The first-order chi connectivity index (χ1) is 21.9. The summed E-state index contributed by atoms with van der Waals surface area (Å²) in [5.41, 5.74) is 4.91. The molecule has 0 N–H and O–H groups in total. The minimum Gasteiger partial charge on any atom is -0.493 e. The van der Waals surface area contributed by atoms with E-state index >= 15 is 0 Å². The van der Waals surface area contributed by atoms with Gasteiger partial charge in [-0.1, -0.05) is 72.0 Å². The number of thiazole rings is 1. The molecule has 8 nitrogen and oxygen atoms in total. The average molecular weight is 620 g/mol. The maximum absolute atomic E-state index is 14.5. The molecule has 1 atom stereocenters. The molecule has 1 aliphatic rings. The monoisotopic (exact) mass is 619 g/mol. The van der Waals surface area contributed by atoms with Gasteiger partial charge in [0.15, 0.2) is 16.3 Å². The molecule has 1 aliphatic heterocycles. The fourth-order valence-electron chi connectivity index (χ4n) is 5.91. The smallest absolute Gasteiger partial charge is 0.338 e. The van der Waals surface area contributed by atoms with E-state index in [1.54, 1.807) is 37.8 Å². The van der Waals surface area contributed by atoms with Crippen molar-refractivity contribution in [2.24, 2.45) is 4.99 Å². The Hall–Kier alpha value is -5.15. The zero-order valence-corrected chi connectivity index (χ0v) is 26.4. The fraction of sp³-hybridized carbons (Fsp3) is 0.194. The second-order valence-electron chi connectivity index (χ2n) is 10.5. The summed E-state index contributed by atoms with van der Waals surface area (Å²) in [6.07, 6.45) is 3.80. The number of esters is 1. The molecule has 6 rings (SSSR count). The quantitative estimate of drug-likeness (QED) is 0.163. The summed E-state index contributed by atoms with van der Waals surface area (Å²) in [5, 5.41) is 1.04. The molecular formula is C36H33N3O5S. The number of ether oxygens (including phenoxy) is 3. The Morgan fingerprint density at radius 1 is 1.02 bits per heavy atom. The summed E-state index contributed by atoms with van der Waals surface area (Å²) in [5.74, 6) is 0.465. The highest BCUT2D eigenvalue weighted by Crippen LogP contribution is 2.38. The first kappa shape index (κ1) is 29.9. The van der Waals surface area contributed by atoms with Crippen LogP contribution in [0.1, 0.15) is 35.3 Å². The van der Waals surface area contributed by atoms with E-state index in [-0.39, 0.29) is 17.7 Å². The molecule has 9 heteroatoms. The molecule has 3 aromatic carbocycles. The Bertz CT molecular complexity index is 2150. The molecule has 0 aliphatic carbocycles. The van der Waals surface area contributed by atoms with Crippen LogP contribution in [0.2, 0.25) is 0 Å². The Morgan fingerprint density at radius 2 is 1.76 bits per heavy atom. The minimum atomic E-state index is -0.833. The minimum absolute atomic E-state index is 0.168. The molecule has 0 bridgehead atoms. The summed E-state index contributed by atoms with van der Waals surface area (Å²) in [4.78, 5) is 33.7. The van der Waals surface area contributed by atoms with E-state index in [9.17, 15) is 9.59 Å². The Kier molecular flexibility index (Phi) is 8.28. The molecule has 228 valence electrons. The number of nitrogens with zero attached hydrogens (tertiary/aromatic N) is 3. The highest BCUT2D eigenvalue weighted by atomic mass is 32.1. The number of benzene rings is 3. The number of carbonyl (C=O) groups excluding carboxylic acids is 1. The number of hydrogen-bond donors (Lipinski definition) is 0. The predicted octanol–water partition coefficient (Wildman–Crippen LogP) is 5.40. The summed E-state index contributed by atoms with van der Waals surface area (Å²) in [7, 11) is 3.11. The van der Waals surface area contributed by atoms with Crippen LogP contribution in [0.25, 0.3) is 22.7 Å². The summed E-state index contributed by atoms with van der Waals surface area (Å²) in [6, 6.07) is 22.2. The SMILES string of the molecule is C=CCn1c(C)c(/C=c2/sc3n(c2=O)C(c2ccc(OC)c(OC)c2)C(C(=O)OCC)=C(c2ccccc2)N=3)c2ccccc21. The summed E-state index contributed by atoms with van der Waals surface area (Å²) >= 11 is 1.29. The van der Waals surface area contributed by atoms with Gasteiger partial charge in [-0.3, -0.25) is 9.36 Å². The number of para-hydroxylation sites is 1. The van der Waals surface area contributed by atoms with Crippen molar-refractivity contribution in [3.8, 4) is 11.5 Å². The molecule has 0 radical (unpaired) electrons. The van der Waals surface area contributed by atoms with Crippen molar-refractivity contribution in [2.45, 2.75) is 26.4 Å². The lowest BCUT2D eigenvalue weighted by Gasteiger charge is -2.26. The number of methoxy groups -OCH3 is 2. The van der Waals surface area contributed by atoms with E-state index in [0.717, 1.165) is 27.7 Å². The zero-order valence-electron chi connectivity index (χ0n) is 25.6. The maximum atomic E-state index is 14.5. The van der Waals surface area contributed by atoms with Crippen LogP contribution in [0.5, 0.6) is 11.5 Å². The lowest BCUT2D eigenvalue weighted by atomic mass is 9.93. The van der Waals surface area contributed by atoms with Crippen LogP contribution in [0.3, 0.4) is 0 Å². The normalized spacial score (nSPS) is 14.7. The first-order valence-corrected chi connectivity index (χ1v) is 15.4. The van der Waals surface area contributed by atoms with E-state index in [4.69, 9.17) is 19.2 Å². The highest BCUT2D eigenvalue weighted by molar-refractivity contribution is 7.07. The van der Waals surface area contributed by atoms with Crippen LogP contribution < -0.4 is 24.4 Å². The van der Waals surface area contributed by atoms with E-state index in [1.165, 1.54) is 11.3 Å². The van der Waals surface area contributed by atoms with E-state index < -0.39 is 12.0 Å². The third-order valence-electron chi connectivity index (χ3n) is 7.96. The number of aromatic nitrogens is 2. The van der Waals surface area contributed by atoms with Gasteiger partial charge >= 0.3 is 5.97 Å². The molecule has 0 saturated heterocycles. The highest BCUT2D eigenvalue weighted by Gasteiger charge is 2.35. The van der Waals surface area contributed by atoms with Crippen molar-refractivity contribution >= 4 is 40.0 Å². The standard InChI is InChI=1S/C36H33N3O5S/c1-6-19-38-22(3)26(25-15-11-12-16-27(25)38)21-30-34(40)39-33(24-17-18-28(42-4)29(20-24)43-5)31(35(41)44-7-2)32(37-36(39)45-30)23-13-9-8-10-14-23/h6,8-18,20-21,33H,1,7,19H2,2-5H3/b30-21+. The van der Waals surface area contributed by atoms with Gasteiger partial charge in [0.25, 0.3) is 5.56 Å². The second-order valence-corrected chi connectivity index (χ2v) is 11.5. The summed E-state index contributed by atoms with van der Waals surface area (Å²) < 4.78 is 21.0. The van der Waals surface area contributed by atoms with E-state index in [1.807, 2.05) is 67.6 Å². The van der Waals surface area contributed by atoms with Crippen molar-refractivity contribution in [1.29, 1.82) is 0 Å². The van der Waals surface area contributed by atoms with Gasteiger partial charge in [-0.05, 0) is 43.7 Å². The van der Waals surface area contributed by atoms with Crippen LogP contribution >= 0.6 is 11.3 Å². The van der Waals surface area contributed by atoms with Gasteiger partial charge in [0, 0.05) is 34.3 Å². The van der Waals surface area contributed by atoms with Crippen molar-refractivity contribution in [3.05, 3.63) is 133 Å². The van der Waals surface area contributed by atoms with Gasteiger partial charge in [0.1, 0.15) is 0 Å². The van der Waals surface area contributed by atoms with Crippen molar-refractivity contribution < 1.29 is 19.0 Å². The van der Waals surface area contributed by atoms with Crippen LogP contribution in [0, 0.1) is 6.92 Å². The number of fused-ring (bicyclic) bond motifs is 2. The van der Waals surface area contributed by atoms with Crippen molar-refractivity contribution in [2.75, 3.05) is 20.8 Å². The van der Waals surface area contributed by atoms with Crippen LogP contribution in [-0.4, -0.2) is 35.9 Å². The van der Waals surface area contributed by atoms with Crippen LogP contribution in [-0.2, 0) is 16.1 Å². The van der Waals surface area contributed by atoms with Crippen molar-refractivity contribution in [3.63, 3.8) is 0 Å². The van der Waals surface area contributed by atoms with Gasteiger partial charge < -0.3 is 18.8 Å². The molecule has 5 aromatic rings. The molecule has 0 spiro atoms. The first-order valence-electron chi connectivity index (χ1n) is 14.6. The molecule has 0 fully saturated rings. The fourth-order valence-corrected chi connectivity index (χ4v) is 6.90. The van der Waals surface area contributed by atoms with Gasteiger partial charge in [0.05, 0.1) is 42.7 Å². The second kappa shape index (κ2) is 12.5. The third kappa shape index (κ3) is 5.19. The summed E-state index contributed by atoms with van der Waals surface area (Å²) in [6.45, 7) is 8.54. The zero-order chi connectivity index (χ0) is 31.7. The maximum Gasteiger partial charge on any atom is 0.338 e. The topological polar surface area (TPSA) is 84.0 Å².